The van der Waals surface area contributed by atoms with E-state index in [9.17, 15) is 4.79 Å². The van der Waals surface area contributed by atoms with Crippen LogP contribution >= 0.6 is 22.6 Å². The number of carbonyl (C=O) groups excluding carboxylic acids is 1. The van der Waals surface area contributed by atoms with Gasteiger partial charge < -0.3 is 15.5 Å². The van der Waals surface area contributed by atoms with E-state index in [0.717, 1.165) is 47.1 Å². The van der Waals surface area contributed by atoms with E-state index in [0.29, 0.717) is 12.4 Å². The molecule has 1 aromatic heterocycles. The molecule has 2 N–H and O–H groups in total. The number of benzene rings is 2. The zero-order chi connectivity index (χ0) is 22.1. The molecule has 0 saturated heterocycles. The molecule has 164 valence electrons. The SMILES string of the molecule is CNCCCNc1nc(CN(C)C(=O)C(CI)Cc2ccccc2)nc2ccccc12. The van der Waals surface area contributed by atoms with Gasteiger partial charge in [0.25, 0.3) is 0 Å². The van der Waals surface area contributed by atoms with Gasteiger partial charge in [-0.25, -0.2) is 9.97 Å². The molecule has 0 radical (unpaired) electrons. The Kier molecular flexibility index (Phi) is 9.02. The summed E-state index contributed by atoms with van der Waals surface area (Å²) in [6, 6.07) is 18.2. The summed E-state index contributed by atoms with van der Waals surface area (Å²) >= 11 is 2.30. The van der Waals surface area contributed by atoms with Crippen molar-refractivity contribution in [3.05, 3.63) is 66.0 Å². The lowest BCUT2D eigenvalue weighted by Gasteiger charge is -2.22. The van der Waals surface area contributed by atoms with E-state index in [1.165, 1.54) is 5.56 Å². The summed E-state index contributed by atoms with van der Waals surface area (Å²) < 4.78 is 0.771. The van der Waals surface area contributed by atoms with Gasteiger partial charge in [-0.3, -0.25) is 4.79 Å². The van der Waals surface area contributed by atoms with Crippen LogP contribution in [0.15, 0.2) is 54.6 Å². The van der Waals surface area contributed by atoms with Crippen LogP contribution in [-0.4, -0.2) is 52.4 Å². The third-order valence-electron chi connectivity index (χ3n) is 5.16. The van der Waals surface area contributed by atoms with Gasteiger partial charge in [-0.05, 0) is 44.1 Å². The maximum Gasteiger partial charge on any atom is 0.226 e. The average Bonchev–Trinajstić information content (AvgIpc) is 2.80. The first-order valence-corrected chi connectivity index (χ1v) is 12.1. The summed E-state index contributed by atoms with van der Waals surface area (Å²) in [5.74, 6) is 1.54. The van der Waals surface area contributed by atoms with Crippen LogP contribution < -0.4 is 10.6 Å². The molecule has 0 saturated carbocycles. The highest BCUT2D eigenvalue weighted by Gasteiger charge is 2.22. The Hall–Kier alpha value is -2.26. The number of anilines is 1. The van der Waals surface area contributed by atoms with Gasteiger partial charge >= 0.3 is 0 Å². The minimum atomic E-state index is -0.0624. The Morgan fingerprint density at radius 1 is 1.06 bits per heavy atom. The number of alkyl halides is 1. The van der Waals surface area contributed by atoms with Crippen LogP contribution in [-0.2, 0) is 17.8 Å². The highest BCUT2D eigenvalue weighted by Crippen LogP contribution is 2.21. The number of hydrogen-bond acceptors (Lipinski definition) is 5. The Bertz CT molecular complexity index is 982. The van der Waals surface area contributed by atoms with Crippen molar-refractivity contribution < 1.29 is 4.79 Å². The average molecular weight is 531 g/mol. The minimum Gasteiger partial charge on any atom is -0.369 e. The second-order valence-corrected chi connectivity index (χ2v) is 8.51. The minimum absolute atomic E-state index is 0.0624. The zero-order valence-electron chi connectivity index (χ0n) is 18.1. The number of rotatable bonds is 11. The van der Waals surface area contributed by atoms with Crippen molar-refractivity contribution in [3.8, 4) is 0 Å². The summed E-state index contributed by atoms with van der Waals surface area (Å²) in [5, 5.41) is 7.59. The summed E-state index contributed by atoms with van der Waals surface area (Å²) in [7, 11) is 3.79. The normalized spacial score (nSPS) is 12.0. The van der Waals surface area contributed by atoms with Gasteiger partial charge in [-0.1, -0.05) is 65.1 Å². The maximum absolute atomic E-state index is 13.1. The van der Waals surface area contributed by atoms with E-state index < -0.39 is 0 Å². The number of para-hydroxylation sites is 1. The number of fused-ring (bicyclic) bond motifs is 1. The molecular formula is C24H30IN5O. The van der Waals surface area contributed by atoms with E-state index in [4.69, 9.17) is 9.97 Å². The Morgan fingerprint density at radius 2 is 1.81 bits per heavy atom. The largest absolute Gasteiger partial charge is 0.369 e. The van der Waals surface area contributed by atoms with Crippen LogP contribution in [0.4, 0.5) is 5.82 Å². The maximum atomic E-state index is 13.1. The molecule has 1 heterocycles. The number of nitrogens with one attached hydrogen (secondary N) is 2. The van der Waals surface area contributed by atoms with Crippen molar-refractivity contribution in [3.63, 3.8) is 0 Å². The molecule has 3 rings (SSSR count). The fourth-order valence-electron chi connectivity index (χ4n) is 3.51. The molecule has 0 fully saturated rings. The molecule has 3 aromatic rings. The third kappa shape index (κ3) is 6.61. The molecule has 0 spiro atoms. The van der Waals surface area contributed by atoms with Gasteiger partial charge in [0.1, 0.15) is 5.82 Å². The van der Waals surface area contributed by atoms with Gasteiger partial charge in [-0.15, -0.1) is 0 Å². The van der Waals surface area contributed by atoms with Crippen molar-refractivity contribution in [2.75, 3.05) is 36.9 Å². The summed E-state index contributed by atoms with van der Waals surface area (Å²) in [6.45, 7) is 2.15. The standard InChI is InChI=1S/C24H30IN5O/c1-26-13-8-14-27-23-20-11-6-7-12-21(20)28-22(29-23)17-30(2)24(31)19(16-25)15-18-9-4-3-5-10-18/h3-7,9-12,19,26H,8,13-17H2,1-2H3,(H,27,28,29). The van der Waals surface area contributed by atoms with Crippen molar-refractivity contribution in [1.82, 2.24) is 20.2 Å². The zero-order valence-corrected chi connectivity index (χ0v) is 20.3. The van der Waals surface area contributed by atoms with E-state index in [1.807, 2.05) is 56.6 Å². The predicted molar refractivity (Wildman–Crippen MR) is 136 cm³/mol. The summed E-state index contributed by atoms with van der Waals surface area (Å²) in [4.78, 5) is 24.3. The number of aromatic nitrogens is 2. The van der Waals surface area contributed by atoms with Crippen LogP contribution in [0.1, 0.15) is 17.8 Å². The monoisotopic (exact) mass is 531 g/mol. The van der Waals surface area contributed by atoms with Gasteiger partial charge in [0.15, 0.2) is 5.82 Å². The second kappa shape index (κ2) is 12.0. The second-order valence-electron chi connectivity index (χ2n) is 7.62. The number of amides is 1. The summed E-state index contributed by atoms with van der Waals surface area (Å²) in [6.07, 6.45) is 1.74. The van der Waals surface area contributed by atoms with Gasteiger partial charge in [-0.2, -0.15) is 0 Å². The first-order valence-electron chi connectivity index (χ1n) is 10.6. The van der Waals surface area contributed by atoms with Crippen LogP contribution in [0.5, 0.6) is 0 Å². The highest BCUT2D eigenvalue weighted by molar-refractivity contribution is 14.1. The Morgan fingerprint density at radius 3 is 2.55 bits per heavy atom. The lowest BCUT2D eigenvalue weighted by molar-refractivity contribution is -0.134. The molecule has 1 amide bonds. The molecule has 0 aliphatic carbocycles. The molecule has 0 bridgehead atoms. The highest BCUT2D eigenvalue weighted by atomic mass is 127. The topological polar surface area (TPSA) is 70.2 Å². The smallest absolute Gasteiger partial charge is 0.226 e. The summed E-state index contributed by atoms with van der Waals surface area (Å²) in [5.41, 5.74) is 2.07. The van der Waals surface area contributed by atoms with Crippen LogP contribution in [0.3, 0.4) is 0 Å². The molecule has 7 heteroatoms. The van der Waals surface area contributed by atoms with Crippen molar-refractivity contribution >= 4 is 45.2 Å². The molecular weight excluding hydrogens is 501 g/mol. The van der Waals surface area contributed by atoms with Crippen LogP contribution in [0, 0.1) is 5.92 Å². The van der Waals surface area contributed by atoms with E-state index in [2.05, 4.69) is 45.4 Å². The van der Waals surface area contributed by atoms with Crippen LogP contribution in [0.2, 0.25) is 0 Å². The van der Waals surface area contributed by atoms with Gasteiger partial charge in [0.05, 0.1) is 18.0 Å². The fraction of sp³-hybridized carbons (Fsp3) is 0.375. The predicted octanol–water partition coefficient (Wildman–Crippen LogP) is 3.90. The number of halogens is 1. The molecule has 0 aliphatic heterocycles. The van der Waals surface area contributed by atoms with E-state index in [1.54, 1.807) is 4.90 Å². The molecule has 0 aliphatic rings. The molecule has 1 atom stereocenters. The van der Waals surface area contributed by atoms with Crippen molar-refractivity contribution in [2.24, 2.45) is 5.92 Å². The lowest BCUT2D eigenvalue weighted by Crippen LogP contribution is -2.35. The molecule has 31 heavy (non-hydrogen) atoms. The van der Waals surface area contributed by atoms with Crippen LogP contribution in [0.25, 0.3) is 10.9 Å². The number of carbonyl (C=O) groups is 1. The quantitative estimate of drug-likeness (QED) is 0.223. The molecule has 6 nitrogen and oxygen atoms in total. The fourth-order valence-corrected chi connectivity index (χ4v) is 4.20. The van der Waals surface area contributed by atoms with E-state index >= 15 is 0 Å². The van der Waals surface area contributed by atoms with Gasteiger partial charge in [0.2, 0.25) is 5.91 Å². The van der Waals surface area contributed by atoms with E-state index in [-0.39, 0.29) is 11.8 Å². The first kappa shape index (κ1) is 23.4. The Balaban J connectivity index is 1.74. The molecule has 2 aromatic carbocycles. The van der Waals surface area contributed by atoms with Crippen molar-refractivity contribution in [2.45, 2.75) is 19.4 Å². The first-order chi connectivity index (χ1) is 15.1. The van der Waals surface area contributed by atoms with Crippen molar-refractivity contribution in [1.29, 1.82) is 0 Å². The van der Waals surface area contributed by atoms with Gasteiger partial charge in [0, 0.05) is 23.4 Å². The third-order valence-corrected chi connectivity index (χ3v) is 6.22. The number of nitrogens with zero attached hydrogens (tertiary/aromatic N) is 3. The lowest BCUT2D eigenvalue weighted by atomic mass is 10.00. The molecule has 1 unspecified atom stereocenters. The Labute approximate surface area is 198 Å². The number of hydrogen-bond donors (Lipinski definition) is 2.